The van der Waals surface area contributed by atoms with Crippen LogP contribution in [0.25, 0.3) is 0 Å². The Balaban J connectivity index is 2.08. The number of allylic oxidation sites excluding steroid dienone is 2. The van der Waals surface area contributed by atoms with Gasteiger partial charge in [-0.2, -0.15) is 0 Å². The monoisotopic (exact) mass is 199 g/mol. The van der Waals surface area contributed by atoms with Crippen LogP contribution in [0.4, 0.5) is 0 Å². The molecule has 0 radical (unpaired) electrons. The van der Waals surface area contributed by atoms with Crippen molar-refractivity contribution in [1.29, 1.82) is 0 Å². The van der Waals surface area contributed by atoms with Gasteiger partial charge in [-0.3, -0.25) is 4.99 Å². The number of rotatable bonds is 3. The third-order valence-electron chi connectivity index (χ3n) is 2.99. The molecule has 0 heterocycles. The van der Waals surface area contributed by atoms with Crippen LogP contribution in [0.1, 0.15) is 24.8 Å². The second-order valence-corrected chi connectivity index (χ2v) is 4.02. The van der Waals surface area contributed by atoms with Crippen molar-refractivity contribution in [2.75, 3.05) is 7.05 Å². The second-order valence-electron chi connectivity index (χ2n) is 4.02. The molecule has 15 heavy (non-hydrogen) atoms. The predicted molar refractivity (Wildman–Crippen MR) is 65.4 cm³/mol. The van der Waals surface area contributed by atoms with E-state index in [0.717, 1.165) is 11.6 Å². The van der Waals surface area contributed by atoms with Gasteiger partial charge < -0.3 is 0 Å². The van der Waals surface area contributed by atoms with Crippen LogP contribution in [-0.2, 0) is 0 Å². The molecule has 1 aliphatic carbocycles. The van der Waals surface area contributed by atoms with Gasteiger partial charge in [0.25, 0.3) is 0 Å². The maximum absolute atomic E-state index is 4.32. The van der Waals surface area contributed by atoms with Gasteiger partial charge >= 0.3 is 0 Å². The minimum Gasteiger partial charge on any atom is -0.288 e. The molecule has 2 rings (SSSR count). The first-order valence-corrected chi connectivity index (χ1v) is 5.60. The van der Waals surface area contributed by atoms with Crippen LogP contribution >= 0.6 is 0 Å². The van der Waals surface area contributed by atoms with Gasteiger partial charge in [0.05, 0.1) is 5.71 Å². The van der Waals surface area contributed by atoms with Gasteiger partial charge in [-0.25, -0.2) is 0 Å². The first-order chi connectivity index (χ1) is 7.40. The van der Waals surface area contributed by atoms with Gasteiger partial charge in [-0.1, -0.05) is 42.8 Å². The largest absolute Gasteiger partial charge is 0.288 e. The van der Waals surface area contributed by atoms with Crippen LogP contribution in [0.2, 0.25) is 0 Å². The number of nitrogens with zero attached hydrogens (tertiary/aromatic N) is 1. The van der Waals surface area contributed by atoms with Gasteiger partial charge in [0.15, 0.2) is 0 Å². The fourth-order valence-corrected chi connectivity index (χ4v) is 1.77. The first kappa shape index (κ1) is 10.2. The van der Waals surface area contributed by atoms with Crippen molar-refractivity contribution in [3.05, 3.63) is 48.0 Å². The Labute approximate surface area is 91.6 Å². The van der Waals surface area contributed by atoms with Crippen LogP contribution in [0, 0.1) is 5.92 Å². The lowest BCUT2D eigenvalue weighted by Crippen LogP contribution is -2.08. The molecule has 1 fully saturated rings. The Hall–Kier alpha value is -1.37. The third-order valence-corrected chi connectivity index (χ3v) is 2.99. The molecule has 0 unspecified atom stereocenters. The van der Waals surface area contributed by atoms with Crippen molar-refractivity contribution in [1.82, 2.24) is 0 Å². The molecular formula is C14H17N. The van der Waals surface area contributed by atoms with Gasteiger partial charge in [0, 0.05) is 7.05 Å². The summed E-state index contributed by atoms with van der Waals surface area (Å²) in [6.45, 7) is 0. The van der Waals surface area contributed by atoms with Crippen LogP contribution in [-0.4, -0.2) is 12.8 Å². The third kappa shape index (κ3) is 2.56. The Morgan fingerprint density at radius 1 is 1.27 bits per heavy atom. The van der Waals surface area contributed by atoms with E-state index in [2.05, 4.69) is 41.4 Å². The Bertz CT molecular complexity index is 358. The normalized spacial score (nSPS) is 18.1. The predicted octanol–water partition coefficient (Wildman–Crippen LogP) is 3.46. The summed E-state index contributed by atoms with van der Waals surface area (Å²) in [5, 5.41) is 0. The topological polar surface area (TPSA) is 12.4 Å². The summed E-state index contributed by atoms with van der Waals surface area (Å²) in [7, 11) is 1.85. The number of aliphatic imine (C=N–C) groups is 1. The number of benzene rings is 1. The highest BCUT2D eigenvalue weighted by Gasteiger charge is 2.13. The molecule has 78 valence electrons. The standard InChI is InChI=1S/C14H17N/c1-15-14(11-10-12-6-5-7-12)13-8-3-2-4-9-13/h2-4,8-12H,5-7H2,1H3/b11-10+,15-14?. The zero-order valence-electron chi connectivity index (χ0n) is 9.19. The van der Waals surface area contributed by atoms with Crippen molar-refractivity contribution in [3.8, 4) is 0 Å². The van der Waals surface area contributed by atoms with E-state index in [4.69, 9.17) is 0 Å². The first-order valence-electron chi connectivity index (χ1n) is 5.60. The van der Waals surface area contributed by atoms with Crippen LogP contribution in [0.15, 0.2) is 47.5 Å². The molecule has 1 aliphatic rings. The highest BCUT2D eigenvalue weighted by molar-refractivity contribution is 6.08. The van der Waals surface area contributed by atoms with Crippen molar-refractivity contribution < 1.29 is 0 Å². The lowest BCUT2D eigenvalue weighted by atomic mass is 9.85. The summed E-state index contributed by atoms with van der Waals surface area (Å²) in [5.41, 5.74) is 2.29. The summed E-state index contributed by atoms with van der Waals surface area (Å²) in [5.74, 6) is 0.797. The fourth-order valence-electron chi connectivity index (χ4n) is 1.77. The van der Waals surface area contributed by atoms with E-state index < -0.39 is 0 Å². The molecule has 1 nitrogen and oxygen atoms in total. The lowest BCUT2D eigenvalue weighted by molar-refractivity contribution is 0.388. The molecule has 0 spiro atoms. The molecule has 0 amide bonds. The van der Waals surface area contributed by atoms with Crippen molar-refractivity contribution in [3.63, 3.8) is 0 Å². The van der Waals surface area contributed by atoms with E-state index in [0.29, 0.717) is 0 Å². The maximum atomic E-state index is 4.32. The summed E-state index contributed by atoms with van der Waals surface area (Å²) < 4.78 is 0. The summed E-state index contributed by atoms with van der Waals surface area (Å²) in [6, 6.07) is 10.3. The van der Waals surface area contributed by atoms with E-state index >= 15 is 0 Å². The number of hydrogen-bond donors (Lipinski definition) is 0. The van der Waals surface area contributed by atoms with Gasteiger partial charge in [0.1, 0.15) is 0 Å². The Morgan fingerprint density at radius 3 is 2.53 bits per heavy atom. The van der Waals surface area contributed by atoms with Crippen LogP contribution in [0.5, 0.6) is 0 Å². The minimum atomic E-state index is 0.797. The summed E-state index contributed by atoms with van der Waals surface area (Å²) in [6.07, 6.45) is 8.56. The Morgan fingerprint density at radius 2 is 2.00 bits per heavy atom. The quantitative estimate of drug-likeness (QED) is 0.661. The molecule has 0 aliphatic heterocycles. The van der Waals surface area contributed by atoms with Crippen LogP contribution < -0.4 is 0 Å². The highest BCUT2D eigenvalue weighted by atomic mass is 14.7. The molecule has 0 saturated heterocycles. The smallest absolute Gasteiger partial charge is 0.0640 e. The molecule has 0 N–H and O–H groups in total. The van der Waals surface area contributed by atoms with E-state index in [9.17, 15) is 0 Å². The molecule has 0 bridgehead atoms. The van der Waals surface area contributed by atoms with Gasteiger partial charge in [-0.05, 0) is 30.4 Å². The Kier molecular flexibility index (Phi) is 3.33. The highest BCUT2D eigenvalue weighted by Crippen LogP contribution is 2.27. The lowest BCUT2D eigenvalue weighted by Gasteiger charge is -2.21. The zero-order valence-corrected chi connectivity index (χ0v) is 9.19. The maximum Gasteiger partial charge on any atom is 0.0640 e. The SMILES string of the molecule is CN=C(/C=C/C1CCC1)c1ccccc1. The van der Waals surface area contributed by atoms with E-state index in [1.54, 1.807) is 0 Å². The average molecular weight is 199 g/mol. The minimum absolute atomic E-state index is 0.797. The fraction of sp³-hybridized carbons (Fsp3) is 0.357. The van der Waals surface area contributed by atoms with Crippen LogP contribution in [0.3, 0.4) is 0 Å². The van der Waals surface area contributed by atoms with E-state index in [1.807, 2.05) is 13.1 Å². The molecule has 1 aromatic carbocycles. The molecular weight excluding hydrogens is 182 g/mol. The molecule has 0 atom stereocenters. The second kappa shape index (κ2) is 4.92. The van der Waals surface area contributed by atoms with Crippen molar-refractivity contribution in [2.24, 2.45) is 10.9 Å². The van der Waals surface area contributed by atoms with E-state index in [1.165, 1.54) is 24.8 Å². The van der Waals surface area contributed by atoms with Gasteiger partial charge in [-0.15, -0.1) is 0 Å². The molecule has 1 aromatic rings. The van der Waals surface area contributed by atoms with Crippen molar-refractivity contribution >= 4 is 5.71 Å². The summed E-state index contributed by atoms with van der Waals surface area (Å²) in [4.78, 5) is 4.32. The number of hydrogen-bond acceptors (Lipinski definition) is 1. The van der Waals surface area contributed by atoms with Crippen molar-refractivity contribution in [2.45, 2.75) is 19.3 Å². The average Bonchev–Trinajstić information content (AvgIpc) is 2.23. The zero-order chi connectivity index (χ0) is 10.5. The summed E-state index contributed by atoms with van der Waals surface area (Å²) >= 11 is 0. The molecule has 0 aromatic heterocycles. The van der Waals surface area contributed by atoms with E-state index in [-0.39, 0.29) is 0 Å². The molecule has 1 heteroatoms. The molecule has 1 saturated carbocycles. The van der Waals surface area contributed by atoms with Gasteiger partial charge in [0.2, 0.25) is 0 Å².